The van der Waals surface area contributed by atoms with Gasteiger partial charge in [0, 0.05) is 12.5 Å². The maximum atomic E-state index is 12.3. The number of rotatable bonds is 4. The number of aromatic amines is 1. The monoisotopic (exact) mass is 304 g/mol. The molecule has 2 heterocycles. The Labute approximate surface area is 127 Å². The van der Waals surface area contributed by atoms with Crippen LogP contribution in [0.2, 0.25) is 0 Å². The Bertz CT molecular complexity index is 725. The fourth-order valence-corrected chi connectivity index (χ4v) is 3.80. The molecule has 2 aromatic rings. The van der Waals surface area contributed by atoms with Crippen LogP contribution in [0.15, 0.2) is 9.82 Å². The van der Waals surface area contributed by atoms with E-state index in [1.165, 1.54) is 50.3 Å². The quantitative estimate of drug-likeness (QED) is 0.697. The number of imidazole rings is 1. The zero-order valence-corrected chi connectivity index (χ0v) is 13.1. The van der Waals surface area contributed by atoms with E-state index in [-0.39, 0.29) is 5.69 Å². The van der Waals surface area contributed by atoms with Crippen LogP contribution >= 0.6 is 11.8 Å². The van der Waals surface area contributed by atoms with Crippen LogP contribution in [0.5, 0.6) is 0 Å². The van der Waals surface area contributed by atoms with Gasteiger partial charge in [-0.2, -0.15) is 4.98 Å². The van der Waals surface area contributed by atoms with Gasteiger partial charge in [-0.25, -0.2) is 9.78 Å². The van der Waals surface area contributed by atoms with Crippen LogP contribution in [-0.4, -0.2) is 25.8 Å². The van der Waals surface area contributed by atoms with Gasteiger partial charge in [-0.05, 0) is 37.9 Å². The van der Waals surface area contributed by atoms with Crippen molar-refractivity contribution in [2.24, 2.45) is 5.92 Å². The highest BCUT2D eigenvalue weighted by Crippen LogP contribution is 2.35. The summed E-state index contributed by atoms with van der Waals surface area (Å²) in [6, 6.07) is 0. The lowest BCUT2D eigenvalue weighted by Gasteiger charge is -2.06. The van der Waals surface area contributed by atoms with Crippen molar-refractivity contribution in [2.45, 2.75) is 56.0 Å². The highest BCUT2D eigenvalue weighted by molar-refractivity contribution is 7.98. The lowest BCUT2D eigenvalue weighted by Crippen LogP contribution is -2.24. The number of H-pyrrole nitrogens is 1. The molecule has 0 saturated heterocycles. The third-order valence-electron chi connectivity index (χ3n) is 4.67. The van der Waals surface area contributed by atoms with E-state index in [2.05, 4.69) is 9.97 Å². The molecule has 2 fully saturated rings. The van der Waals surface area contributed by atoms with Crippen LogP contribution in [0.25, 0.3) is 11.2 Å². The molecule has 0 aliphatic heterocycles. The summed E-state index contributed by atoms with van der Waals surface area (Å²) < 4.78 is 1.78. The maximum absolute atomic E-state index is 12.3. The van der Waals surface area contributed by atoms with Gasteiger partial charge in [-0.3, -0.25) is 4.57 Å². The molecule has 0 atom stereocenters. The third-order valence-corrected chi connectivity index (χ3v) is 5.36. The average molecular weight is 304 g/mol. The molecule has 0 radical (unpaired) electrons. The van der Waals surface area contributed by atoms with Gasteiger partial charge in [-0.1, -0.05) is 12.8 Å². The number of aromatic nitrogens is 4. The first-order valence-electron chi connectivity index (χ1n) is 7.80. The second-order valence-corrected chi connectivity index (χ2v) is 7.05. The van der Waals surface area contributed by atoms with Crippen molar-refractivity contribution in [1.82, 2.24) is 19.5 Å². The molecule has 4 rings (SSSR count). The first-order chi connectivity index (χ1) is 10.3. The van der Waals surface area contributed by atoms with Gasteiger partial charge in [0.1, 0.15) is 16.4 Å². The first kappa shape index (κ1) is 13.4. The zero-order valence-electron chi connectivity index (χ0n) is 12.3. The lowest BCUT2D eigenvalue weighted by molar-refractivity contribution is 0.602. The van der Waals surface area contributed by atoms with Crippen molar-refractivity contribution >= 4 is 22.9 Å². The minimum atomic E-state index is -0.150. The van der Waals surface area contributed by atoms with Gasteiger partial charge in [0.15, 0.2) is 5.65 Å². The van der Waals surface area contributed by atoms with Crippen molar-refractivity contribution in [2.75, 3.05) is 6.26 Å². The molecule has 2 aliphatic rings. The third kappa shape index (κ3) is 2.39. The normalized spacial score (nSPS) is 19.7. The predicted molar refractivity (Wildman–Crippen MR) is 83.9 cm³/mol. The van der Waals surface area contributed by atoms with E-state index >= 15 is 0 Å². The summed E-state index contributed by atoms with van der Waals surface area (Å²) in [5.41, 5.74) is 1.61. The number of hydrogen-bond donors (Lipinski definition) is 1. The fourth-order valence-electron chi connectivity index (χ4n) is 3.28. The number of nitrogens with zero attached hydrogens (tertiary/aromatic N) is 3. The highest BCUT2D eigenvalue weighted by atomic mass is 32.2. The largest absolute Gasteiger partial charge is 0.350 e. The number of hydrogen-bond acceptors (Lipinski definition) is 4. The predicted octanol–water partition coefficient (Wildman–Crippen LogP) is 2.91. The standard InChI is InChI=1S/C15H20N4OS/c1-21-14-11-13(17-12(16-11)10-4-2-3-5-10)19(15(20)18-14)8-9-6-7-9/h9-10H,2-8H2,1H3,(H,16,17). The molecule has 0 aromatic carbocycles. The molecule has 112 valence electrons. The molecule has 0 spiro atoms. The molecular formula is C15H20N4OS. The van der Waals surface area contributed by atoms with Gasteiger partial charge in [-0.15, -0.1) is 11.8 Å². The molecule has 2 saturated carbocycles. The number of fused-ring (bicyclic) bond motifs is 1. The van der Waals surface area contributed by atoms with Crippen LogP contribution in [0.1, 0.15) is 50.3 Å². The summed E-state index contributed by atoms with van der Waals surface area (Å²) >= 11 is 1.52. The van der Waals surface area contributed by atoms with E-state index in [1.54, 1.807) is 4.57 Å². The van der Waals surface area contributed by atoms with Crippen molar-refractivity contribution in [3.05, 3.63) is 16.3 Å². The van der Waals surface area contributed by atoms with Crippen LogP contribution in [-0.2, 0) is 6.54 Å². The second kappa shape index (κ2) is 5.16. The minimum absolute atomic E-state index is 0.150. The Balaban J connectivity index is 1.86. The van der Waals surface area contributed by atoms with E-state index in [9.17, 15) is 4.79 Å². The topological polar surface area (TPSA) is 63.6 Å². The smallest absolute Gasteiger partial charge is 0.338 e. The van der Waals surface area contributed by atoms with Crippen molar-refractivity contribution in [1.29, 1.82) is 0 Å². The summed E-state index contributed by atoms with van der Waals surface area (Å²) in [7, 11) is 0. The van der Waals surface area contributed by atoms with Crippen molar-refractivity contribution in [3.63, 3.8) is 0 Å². The summed E-state index contributed by atoms with van der Waals surface area (Å²) in [5.74, 6) is 2.21. The Kier molecular flexibility index (Phi) is 3.28. The Morgan fingerprint density at radius 2 is 2.00 bits per heavy atom. The molecule has 2 aliphatic carbocycles. The molecule has 0 bridgehead atoms. The SMILES string of the molecule is CSc1nc(=O)n(CC2CC2)c2nc(C3CCCC3)[nH]c12. The Hall–Kier alpha value is -1.30. The minimum Gasteiger partial charge on any atom is -0.338 e. The van der Waals surface area contributed by atoms with Crippen LogP contribution in [0.4, 0.5) is 0 Å². The Morgan fingerprint density at radius 3 is 2.67 bits per heavy atom. The molecule has 1 N–H and O–H groups in total. The molecule has 2 aromatic heterocycles. The van der Waals surface area contributed by atoms with Gasteiger partial charge in [0.05, 0.1) is 0 Å². The van der Waals surface area contributed by atoms with E-state index in [0.29, 0.717) is 11.8 Å². The first-order valence-corrected chi connectivity index (χ1v) is 9.03. The summed E-state index contributed by atoms with van der Waals surface area (Å²) in [6.07, 6.45) is 9.37. The van der Waals surface area contributed by atoms with Crippen molar-refractivity contribution in [3.8, 4) is 0 Å². The molecule has 6 heteroatoms. The average Bonchev–Trinajstić information content (AvgIpc) is 2.98. The highest BCUT2D eigenvalue weighted by Gasteiger charge is 2.26. The molecule has 5 nitrogen and oxygen atoms in total. The van der Waals surface area contributed by atoms with E-state index in [0.717, 1.165) is 28.6 Å². The van der Waals surface area contributed by atoms with E-state index < -0.39 is 0 Å². The number of thioether (sulfide) groups is 1. The molecule has 21 heavy (non-hydrogen) atoms. The lowest BCUT2D eigenvalue weighted by atomic mass is 10.1. The molecule has 0 amide bonds. The fraction of sp³-hybridized carbons (Fsp3) is 0.667. The van der Waals surface area contributed by atoms with Crippen LogP contribution in [0, 0.1) is 5.92 Å². The summed E-state index contributed by atoms with van der Waals surface area (Å²) in [6.45, 7) is 0.770. The molecular weight excluding hydrogens is 284 g/mol. The van der Waals surface area contributed by atoms with Gasteiger partial charge >= 0.3 is 5.69 Å². The summed E-state index contributed by atoms with van der Waals surface area (Å²) in [5, 5.41) is 0.777. The molecule has 0 unspecified atom stereocenters. The van der Waals surface area contributed by atoms with Gasteiger partial charge < -0.3 is 4.98 Å². The van der Waals surface area contributed by atoms with Gasteiger partial charge in [0.25, 0.3) is 0 Å². The number of nitrogens with one attached hydrogen (secondary N) is 1. The summed E-state index contributed by atoms with van der Waals surface area (Å²) in [4.78, 5) is 24.8. The van der Waals surface area contributed by atoms with Crippen LogP contribution in [0.3, 0.4) is 0 Å². The second-order valence-electron chi connectivity index (χ2n) is 6.26. The zero-order chi connectivity index (χ0) is 14.4. The van der Waals surface area contributed by atoms with E-state index in [1.807, 2.05) is 6.26 Å². The van der Waals surface area contributed by atoms with Crippen LogP contribution < -0.4 is 5.69 Å². The van der Waals surface area contributed by atoms with Gasteiger partial charge in [0.2, 0.25) is 0 Å². The van der Waals surface area contributed by atoms with E-state index in [4.69, 9.17) is 4.98 Å². The Morgan fingerprint density at radius 1 is 1.24 bits per heavy atom. The maximum Gasteiger partial charge on any atom is 0.350 e. The van der Waals surface area contributed by atoms with Crippen molar-refractivity contribution < 1.29 is 0 Å².